The van der Waals surface area contributed by atoms with Crippen LogP contribution < -0.4 is 10.2 Å². The lowest BCUT2D eigenvalue weighted by Gasteiger charge is -2.37. The second kappa shape index (κ2) is 9.66. The Hall–Kier alpha value is -1.32. The highest BCUT2D eigenvalue weighted by Gasteiger charge is 2.29. The number of nitrogens with zero attached hydrogens (tertiary/aromatic N) is 2. The zero-order valence-electron chi connectivity index (χ0n) is 17.1. The van der Waals surface area contributed by atoms with Gasteiger partial charge in [0.1, 0.15) is 5.82 Å². The second-order valence-corrected chi connectivity index (χ2v) is 11.3. The fraction of sp³-hybridized carbons (Fsp3) is 0.650. The molecule has 2 heterocycles. The molecule has 2 atom stereocenters. The van der Waals surface area contributed by atoms with Crippen molar-refractivity contribution in [1.82, 2.24) is 10.2 Å². The molecule has 2 saturated heterocycles. The van der Waals surface area contributed by atoms with Crippen LogP contribution in [0.5, 0.6) is 0 Å². The number of amides is 1. The fourth-order valence-corrected chi connectivity index (χ4v) is 7.37. The van der Waals surface area contributed by atoms with E-state index in [0.29, 0.717) is 6.42 Å². The van der Waals surface area contributed by atoms with E-state index in [9.17, 15) is 17.6 Å². The Bertz CT molecular complexity index is 826. The van der Waals surface area contributed by atoms with Crippen LogP contribution in [0.2, 0.25) is 0 Å². The first-order valence-corrected chi connectivity index (χ1v) is 13.0. The van der Waals surface area contributed by atoms with Crippen LogP contribution in [-0.2, 0) is 14.6 Å². The predicted molar refractivity (Wildman–Crippen MR) is 117 cm³/mol. The van der Waals surface area contributed by atoms with Crippen LogP contribution in [0.15, 0.2) is 18.2 Å². The first kappa shape index (κ1) is 22.4. The minimum Gasteiger partial charge on any atom is -0.369 e. The van der Waals surface area contributed by atoms with Gasteiger partial charge >= 0.3 is 0 Å². The molecule has 0 aliphatic carbocycles. The average Bonchev–Trinajstić information content (AvgIpc) is 3.05. The van der Waals surface area contributed by atoms with E-state index in [1.165, 1.54) is 23.9 Å². The molecule has 6 nitrogen and oxygen atoms in total. The molecule has 0 radical (unpaired) electrons. The normalized spacial score (nSPS) is 23.1. The molecule has 0 bridgehead atoms. The van der Waals surface area contributed by atoms with Crippen LogP contribution in [0.3, 0.4) is 0 Å². The number of hydrogen-bond acceptors (Lipinski definition) is 6. The SMILES string of the molecule is CCN1CCN(c2ccc(F)cc2C(C)NC(=O)CSC2CCS(=O)(=O)C2)CC1. The molecular formula is C20H30FN3O3S2. The number of sulfone groups is 1. The Morgan fingerprint density at radius 2 is 2.03 bits per heavy atom. The number of benzene rings is 1. The summed E-state index contributed by atoms with van der Waals surface area (Å²) in [5, 5.41) is 2.94. The van der Waals surface area contributed by atoms with Crippen molar-refractivity contribution in [3.8, 4) is 0 Å². The molecule has 2 fully saturated rings. The zero-order chi connectivity index (χ0) is 21.0. The molecule has 29 heavy (non-hydrogen) atoms. The molecule has 1 N–H and O–H groups in total. The van der Waals surface area contributed by atoms with E-state index in [1.807, 2.05) is 6.92 Å². The number of anilines is 1. The lowest BCUT2D eigenvalue weighted by Crippen LogP contribution is -2.46. The molecule has 3 rings (SSSR count). The summed E-state index contributed by atoms with van der Waals surface area (Å²) in [4.78, 5) is 17.0. The number of nitrogens with one attached hydrogen (secondary N) is 1. The van der Waals surface area contributed by atoms with Crippen molar-refractivity contribution in [1.29, 1.82) is 0 Å². The second-order valence-electron chi connectivity index (χ2n) is 7.75. The van der Waals surface area contributed by atoms with Crippen molar-refractivity contribution in [2.45, 2.75) is 31.6 Å². The number of rotatable bonds is 7. The molecule has 0 saturated carbocycles. The summed E-state index contributed by atoms with van der Waals surface area (Å²) in [5.41, 5.74) is 1.74. The van der Waals surface area contributed by atoms with Gasteiger partial charge in [0.15, 0.2) is 9.84 Å². The molecule has 2 aliphatic heterocycles. The van der Waals surface area contributed by atoms with Gasteiger partial charge in [-0.25, -0.2) is 12.8 Å². The highest BCUT2D eigenvalue weighted by Crippen LogP contribution is 2.29. The summed E-state index contributed by atoms with van der Waals surface area (Å²) >= 11 is 1.39. The molecular weight excluding hydrogens is 413 g/mol. The van der Waals surface area contributed by atoms with Crippen molar-refractivity contribution >= 4 is 33.2 Å². The number of halogens is 1. The van der Waals surface area contributed by atoms with E-state index in [-0.39, 0.29) is 40.3 Å². The number of hydrogen-bond donors (Lipinski definition) is 1. The van der Waals surface area contributed by atoms with E-state index in [4.69, 9.17) is 0 Å². The Morgan fingerprint density at radius 3 is 2.66 bits per heavy atom. The van der Waals surface area contributed by atoms with Gasteiger partial charge in [-0.1, -0.05) is 6.92 Å². The third-order valence-electron chi connectivity index (χ3n) is 5.63. The van der Waals surface area contributed by atoms with Crippen molar-refractivity contribution in [2.75, 3.05) is 54.9 Å². The van der Waals surface area contributed by atoms with Crippen LogP contribution in [0.4, 0.5) is 10.1 Å². The summed E-state index contributed by atoms with van der Waals surface area (Å²) in [5.74, 6) is 0.101. The summed E-state index contributed by atoms with van der Waals surface area (Å²) in [6, 6.07) is 4.44. The zero-order valence-corrected chi connectivity index (χ0v) is 18.7. The molecule has 1 amide bonds. The monoisotopic (exact) mass is 443 g/mol. The van der Waals surface area contributed by atoms with Gasteiger partial charge in [0, 0.05) is 42.7 Å². The maximum Gasteiger partial charge on any atom is 0.230 e. The van der Waals surface area contributed by atoms with E-state index in [2.05, 4.69) is 22.0 Å². The molecule has 2 aliphatic rings. The number of carbonyl (C=O) groups is 1. The molecule has 0 aromatic heterocycles. The van der Waals surface area contributed by atoms with Gasteiger partial charge in [-0.15, -0.1) is 11.8 Å². The Balaban J connectivity index is 1.60. The quantitative estimate of drug-likeness (QED) is 0.696. The van der Waals surface area contributed by atoms with Crippen LogP contribution in [-0.4, -0.2) is 74.5 Å². The van der Waals surface area contributed by atoms with Crippen LogP contribution in [0, 0.1) is 5.82 Å². The Labute approximate surface area is 177 Å². The smallest absolute Gasteiger partial charge is 0.230 e. The topological polar surface area (TPSA) is 69.7 Å². The average molecular weight is 444 g/mol. The summed E-state index contributed by atoms with van der Waals surface area (Å²) in [6.07, 6.45) is 0.605. The minimum atomic E-state index is -2.94. The molecule has 0 spiro atoms. The van der Waals surface area contributed by atoms with Gasteiger partial charge in [0.05, 0.1) is 23.3 Å². The highest BCUT2D eigenvalue weighted by atomic mass is 32.2. The maximum atomic E-state index is 14.0. The van der Waals surface area contributed by atoms with Crippen LogP contribution in [0.1, 0.15) is 31.9 Å². The number of carbonyl (C=O) groups excluding carboxylic acids is 1. The van der Waals surface area contributed by atoms with E-state index in [0.717, 1.165) is 44.0 Å². The number of thioether (sulfide) groups is 1. The maximum absolute atomic E-state index is 14.0. The number of piperazine rings is 1. The molecule has 2 unspecified atom stereocenters. The third kappa shape index (κ3) is 6.08. The van der Waals surface area contributed by atoms with Crippen LogP contribution >= 0.6 is 11.8 Å². The third-order valence-corrected chi connectivity index (χ3v) is 8.92. The van der Waals surface area contributed by atoms with Crippen LogP contribution in [0.25, 0.3) is 0 Å². The van der Waals surface area contributed by atoms with Gasteiger partial charge < -0.3 is 15.1 Å². The van der Waals surface area contributed by atoms with Crippen molar-refractivity contribution < 1.29 is 17.6 Å². The Morgan fingerprint density at radius 1 is 1.31 bits per heavy atom. The van der Waals surface area contributed by atoms with Crippen molar-refractivity contribution in [2.24, 2.45) is 0 Å². The fourth-order valence-electron chi connectivity index (χ4n) is 3.91. The van der Waals surface area contributed by atoms with E-state index >= 15 is 0 Å². The summed E-state index contributed by atoms with van der Waals surface area (Å²) < 4.78 is 37.1. The Kier molecular flexibility index (Phi) is 7.45. The predicted octanol–water partition coefficient (Wildman–Crippen LogP) is 2.07. The van der Waals surface area contributed by atoms with E-state index in [1.54, 1.807) is 6.07 Å². The lowest BCUT2D eigenvalue weighted by atomic mass is 10.0. The van der Waals surface area contributed by atoms with Gasteiger partial charge in [-0.05, 0) is 38.1 Å². The van der Waals surface area contributed by atoms with Crippen molar-refractivity contribution in [3.05, 3.63) is 29.6 Å². The molecule has 9 heteroatoms. The van der Waals surface area contributed by atoms with Gasteiger partial charge in [0.25, 0.3) is 0 Å². The number of likely N-dealkylation sites (N-methyl/N-ethyl adjacent to an activating group) is 1. The van der Waals surface area contributed by atoms with Crippen molar-refractivity contribution in [3.63, 3.8) is 0 Å². The van der Waals surface area contributed by atoms with Gasteiger partial charge in [-0.3, -0.25) is 4.79 Å². The summed E-state index contributed by atoms with van der Waals surface area (Å²) in [6.45, 7) is 8.72. The highest BCUT2D eigenvalue weighted by molar-refractivity contribution is 8.02. The minimum absolute atomic E-state index is 0.0133. The standard InChI is InChI=1S/C20H30FN3O3S2/c1-3-23-7-9-24(10-8-23)19-5-4-16(21)12-18(19)15(2)22-20(25)13-28-17-6-11-29(26,27)14-17/h4-5,12,15,17H,3,6-11,13-14H2,1-2H3,(H,22,25). The summed E-state index contributed by atoms with van der Waals surface area (Å²) in [7, 11) is -2.94. The first-order chi connectivity index (χ1) is 13.8. The molecule has 1 aromatic carbocycles. The van der Waals surface area contributed by atoms with Gasteiger partial charge in [-0.2, -0.15) is 0 Å². The largest absolute Gasteiger partial charge is 0.369 e. The van der Waals surface area contributed by atoms with Gasteiger partial charge in [0.2, 0.25) is 5.91 Å². The molecule has 162 valence electrons. The lowest BCUT2D eigenvalue weighted by molar-refractivity contribution is -0.119. The molecule has 1 aromatic rings. The first-order valence-electron chi connectivity index (χ1n) is 10.2. The van der Waals surface area contributed by atoms with E-state index < -0.39 is 9.84 Å².